The molecule has 0 bridgehead atoms. The maximum atomic E-state index is 12.3. The van der Waals surface area contributed by atoms with Gasteiger partial charge < -0.3 is 10.6 Å². The topological polar surface area (TPSA) is 54.0 Å². The average Bonchev–Trinajstić information content (AvgIpc) is 2.54. The summed E-state index contributed by atoms with van der Waals surface area (Å²) in [5.74, 6) is 0.448. The molecule has 0 atom stereocenters. The molecule has 1 aromatic heterocycles. The first-order valence-corrected chi connectivity index (χ1v) is 8.32. The molecular weight excluding hydrogens is 333 g/mol. The van der Waals surface area contributed by atoms with Crippen molar-refractivity contribution in [3.8, 4) is 0 Å². The standard InChI is InChI=1S/C17H19Cl2N3O/c1-2-3-4-8-20-16-10-12(7-9-21-16)17(23)22-15-6-5-13(18)11-14(15)19/h5-7,9-11H,2-4,8H2,1H3,(H,20,21)(H,22,23). The van der Waals surface area contributed by atoms with Gasteiger partial charge in [-0.2, -0.15) is 0 Å². The first kappa shape index (κ1) is 17.6. The highest BCUT2D eigenvalue weighted by molar-refractivity contribution is 6.36. The van der Waals surface area contributed by atoms with Crippen LogP contribution in [0.4, 0.5) is 11.5 Å². The van der Waals surface area contributed by atoms with E-state index in [0.29, 0.717) is 27.1 Å². The van der Waals surface area contributed by atoms with Gasteiger partial charge in [0.1, 0.15) is 5.82 Å². The number of amides is 1. The largest absolute Gasteiger partial charge is 0.370 e. The second-order valence-electron chi connectivity index (χ2n) is 5.14. The molecule has 0 fully saturated rings. The number of unbranched alkanes of at least 4 members (excludes halogenated alkanes) is 2. The monoisotopic (exact) mass is 351 g/mol. The van der Waals surface area contributed by atoms with E-state index < -0.39 is 0 Å². The Bertz CT molecular complexity index is 677. The molecule has 0 saturated heterocycles. The molecule has 2 aromatic rings. The predicted octanol–water partition coefficient (Wildman–Crippen LogP) is 5.24. The van der Waals surface area contributed by atoms with Gasteiger partial charge in [0.05, 0.1) is 10.7 Å². The van der Waals surface area contributed by atoms with Crippen LogP contribution in [0.15, 0.2) is 36.5 Å². The van der Waals surface area contributed by atoms with Crippen molar-refractivity contribution in [3.05, 3.63) is 52.1 Å². The zero-order valence-corrected chi connectivity index (χ0v) is 14.4. The summed E-state index contributed by atoms with van der Waals surface area (Å²) in [5, 5.41) is 6.92. The maximum absolute atomic E-state index is 12.3. The lowest BCUT2D eigenvalue weighted by Crippen LogP contribution is -2.13. The molecule has 0 radical (unpaired) electrons. The molecule has 0 aliphatic rings. The van der Waals surface area contributed by atoms with Crippen LogP contribution in [0, 0.1) is 0 Å². The van der Waals surface area contributed by atoms with Crippen LogP contribution in [0.5, 0.6) is 0 Å². The van der Waals surface area contributed by atoms with Gasteiger partial charge in [-0.05, 0) is 36.8 Å². The van der Waals surface area contributed by atoms with Crippen molar-refractivity contribution in [2.24, 2.45) is 0 Å². The Balaban J connectivity index is 2.01. The lowest BCUT2D eigenvalue weighted by atomic mass is 10.2. The number of nitrogens with one attached hydrogen (secondary N) is 2. The van der Waals surface area contributed by atoms with Gasteiger partial charge in [-0.1, -0.05) is 43.0 Å². The summed E-state index contributed by atoms with van der Waals surface area (Å²) in [5.41, 5.74) is 1.04. The quantitative estimate of drug-likeness (QED) is 0.670. The number of halogens is 2. The summed E-state index contributed by atoms with van der Waals surface area (Å²) in [6.45, 7) is 3.00. The van der Waals surface area contributed by atoms with Crippen LogP contribution in [0.1, 0.15) is 36.5 Å². The number of anilines is 2. The third-order valence-electron chi connectivity index (χ3n) is 3.29. The molecular formula is C17H19Cl2N3O. The fraction of sp³-hybridized carbons (Fsp3) is 0.294. The summed E-state index contributed by atoms with van der Waals surface area (Å²) >= 11 is 11.9. The van der Waals surface area contributed by atoms with E-state index in [2.05, 4.69) is 22.5 Å². The van der Waals surface area contributed by atoms with Gasteiger partial charge >= 0.3 is 0 Å². The Morgan fingerprint density at radius 2 is 2.00 bits per heavy atom. The molecule has 122 valence electrons. The number of rotatable bonds is 7. The van der Waals surface area contributed by atoms with E-state index in [0.717, 1.165) is 13.0 Å². The number of hydrogen-bond donors (Lipinski definition) is 2. The summed E-state index contributed by atoms with van der Waals surface area (Å²) < 4.78 is 0. The minimum absolute atomic E-state index is 0.242. The molecule has 0 aliphatic heterocycles. The zero-order chi connectivity index (χ0) is 16.7. The molecule has 2 rings (SSSR count). The van der Waals surface area contributed by atoms with Gasteiger partial charge in [0.25, 0.3) is 5.91 Å². The smallest absolute Gasteiger partial charge is 0.255 e. The van der Waals surface area contributed by atoms with E-state index in [1.165, 1.54) is 12.8 Å². The normalized spacial score (nSPS) is 10.4. The zero-order valence-electron chi connectivity index (χ0n) is 12.9. The van der Waals surface area contributed by atoms with E-state index in [-0.39, 0.29) is 5.91 Å². The number of carbonyl (C=O) groups excluding carboxylic acids is 1. The van der Waals surface area contributed by atoms with Crippen LogP contribution in [-0.2, 0) is 0 Å². The number of carbonyl (C=O) groups is 1. The van der Waals surface area contributed by atoms with E-state index >= 15 is 0 Å². The van der Waals surface area contributed by atoms with Crippen LogP contribution in [0.3, 0.4) is 0 Å². The molecule has 1 amide bonds. The maximum Gasteiger partial charge on any atom is 0.255 e. The second-order valence-corrected chi connectivity index (χ2v) is 5.99. The minimum Gasteiger partial charge on any atom is -0.370 e. The van der Waals surface area contributed by atoms with E-state index in [1.807, 2.05) is 0 Å². The average molecular weight is 352 g/mol. The highest BCUT2D eigenvalue weighted by Gasteiger charge is 2.10. The van der Waals surface area contributed by atoms with Gasteiger partial charge in [-0.25, -0.2) is 4.98 Å². The molecule has 6 heteroatoms. The summed E-state index contributed by atoms with van der Waals surface area (Å²) in [6.07, 6.45) is 5.02. The Morgan fingerprint density at radius 3 is 2.74 bits per heavy atom. The first-order chi connectivity index (χ1) is 11.1. The molecule has 1 heterocycles. The van der Waals surface area contributed by atoms with Crippen molar-refractivity contribution in [1.29, 1.82) is 0 Å². The Labute approximate surface area is 146 Å². The number of benzene rings is 1. The van der Waals surface area contributed by atoms with Gasteiger partial charge in [-0.15, -0.1) is 0 Å². The number of hydrogen-bond acceptors (Lipinski definition) is 3. The molecule has 1 aromatic carbocycles. The van der Waals surface area contributed by atoms with Crippen LogP contribution in [0.2, 0.25) is 10.0 Å². The van der Waals surface area contributed by atoms with Crippen LogP contribution in [-0.4, -0.2) is 17.4 Å². The van der Waals surface area contributed by atoms with Crippen molar-refractivity contribution in [2.45, 2.75) is 26.2 Å². The van der Waals surface area contributed by atoms with Crippen LogP contribution >= 0.6 is 23.2 Å². The lowest BCUT2D eigenvalue weighted by Gasteiger charge is -2.09. The third-order valence-corrected chi connectivity index (χ3v) is 3.84. The molecule has 0 spiro atoms. The van der Waals surface area contributed by atoms with Crippen molar-refractivity contribution >= 4 is 40.6 Å². The second kappa shape index (κ2) is 8.75. The fourth-order valence-corrected chi connectivity index (χ4v) is 2.50. The van der Waals surface area contributed by atoms with E-state index in [4.69, 9.17) is 23.2 Å². The van der Waals surface area contributed by atoms with Crippen molar-refractivity contribution in [3.63, 3.8) is 0 Å². The number of nitrogens with zero attached hydrogens (tertiary/aromatic N) is 1. The Morgan fingerprint density at radius 1 is 1.17 bits per heavy atom. The first-order valence-electron chi connectivity index (χ1n) is 7.56. The molecule has 0 aliphatic carbocycles. The molecule has 0 unspecified atom stereocenters. The van der Waals surface area contributed by atoms with Gasteiger partial charge in [-0.3, -0.25) is 4.79 Å². The van der Waals surface area contributed by atoms with Crippen molar-refractivity contribution < 1.29 is 4.79 Å². The minimum atomic E-state index is -0.242. The Hall–Kier alpha value is -1.78. The van der Waals surface area contributed by atoms with Gasteiger partial charge in [0.2, 0.25) is 0 Å². The van der Waals surface area contributed by atoms with Gasteiger partial charge in [0.15, 0.2) is 0 Å². The van der Waals surface area contributed by atoms with Gasteiger partial charge in [0, 0.05) is 23.3 Å². The highest BCUT2D eigenvalue weighted by Crippen LogP contribution is 2.25. The summed E-state index contributed by atoms with van der Waals surface area (Å²) in [6, 6.07) is 8.33. The summed E-state index contributed by atoms with van der Waals surface area (Å²) in [7, 11) is 0. The van der Waals surface area contributed by atoms with E-state index in [9.17, 15) is 4.79 Å². The molecule has 2 N–H and O–H groups in total. The fourth-order valence-electron chi connectivity index (χ4n) is 2.05. The van der Waals surface area contributed by atoms with Crippen LogP contribution < -0.4 is 10.6 Å². The molecule has 0 saturated carbocycles. The lowest BCUT2D eigenvalue weighted by molar-refractivity contribution is 0.102. The number of aromatic nitrogens is 1. The third kappa shape index (κ3) is 5.41. The SMILES string of the molecule is CCCCCNc1cc(C(=O)Nc2ccc(Cl)cc2Cl)ccn1. The van der Waals surface area contributed by atoms with E-state index in [1.54, 1.807) is 36.5 Å². The molecule has 4 nitrogen and oxygen atoms in total. The predicted molar refractivity (Wildman–Crippen MR) is 96.7 cm³/mol. The van der Waals surface area contributed by atoms with Crippen molar-refractivity contribution in [1.82, 2.24) is 4.98 Å². The van der Waals surface area contributed by atoms with Crippen molar-refractivity contribution in [2.75, 3.05) is 17.2 Å². The highest BCUT2D eigenvalue weighted by atomic mass is 35.5. The molecule has 23 heavy (non-hydrogen) atoms. The Kier molecular flexibility index (Phi) is 6.68. The van der Waals surface area contributed by atoms with Crippen LogP contribution in [0.25, 0.3) is 0 Å². The summed E-state index contributed by atoms with van der Waals surface area (Å²) in [4.78, 5) is 16.5. The number of pyridine rings is 1.